The molecule has 2 unspecified atom stereocenters. The summed E-state index contributed by atoms with van der Waals surface area (Å²) in [7, 11) is 0. The van der Waals surface area contributed by atoms with Gasteiger partial charge in [0.15, 0.2) is 0 Å². The Kier molecular flexibility index (Phi) is 4.84. The minimum atomic E-state index is -0.457. The highest BCUT2D eigenvalue weighted by Gasteiger charge is 2.35. The van der Waals surface area contributed by atoms with Crippen molar-refractivity contribution in [3.63, 3.8) is 0 Å². The molecule has 2 rings (SSSR count). The van der Waals surface area contributed by atoms with Crippen LogP contribution in [0, 0.1) is 18.7 Å². The van der Waals surface area contributed by atoms with E-state index in [1.165, 1.54) is 12.5 Å². The van der Waals surface area contributed by atoms with Gasteiger partial charge in [-0.3, -0.25) is 4.79 Å². The molecule has 1 saturated carbocycles. The number of halogens is 2. The van der Waals surface area contributed by atoms with Crippen molar-refractivity contribution in [2.45, 2.75) is 45.1 Å². The molecule has 2 nitrogen and oxygen atoms in total. The third kappa shape index (κ3) is 3.40. The Morgan fingerprint density at radius 3 is 2.95 bits per heavy atom. The molecule has 1 aromatic carbocycles. The van der Waals surface area contributed by atoms with Gasteiger partial charge in [0.2, 0.25) is 0 Å². The zero-order valence-corrected chi connectivity index (χ0v) is 13.6. The number of rotatable bonds is 3. The van der Waals surface area contributed by atoms with Crippen LogP contribution in [-0.4, -0.2) is 16.8 Å². The van der Waals surface area contributed by atoms with Gasteiger partial charge in [-0.15, -0.1) is 0 Å². The Balaban J connectivity index is 2.19. The predicted molar refractivity (Wildman–Crippen MR) is 82.8 cm³/mol. The molecule has 0 radical (unpaired) electrons. The van der Waals surface area contributed by atoms with Gasteiger partial charge < -0.3 is 5.32 Å². The summed E-state index contributed by atoms with van der Waals surface area (Å²) >= 11 is 3.52. The molecule has 0 bridgehead atoms. The summed E-state index contributed by atoms with van der Waals surface area (Å²) in [5.74, 6) is -0.176. The lowest BCUT2D eigenvalue weighted by molar-refractivity contribution is 0.0865. The summed E-state index contributed by atoms with van der Waals surface area (Å²) < 4.78 is 13.8. The van der Waals surface area contributed by atoms with Crippen molar-refractivity contribution in [3.05, 3.63) is 35.1 Å². The smallest absolute Gasteiger partial charge is 0.254 e. The van der Waals surface area contributed by atoms with Crippen molar-refractivity contribution in [1.82, 2.24) is 5.32 Å². The molecule has 1 aromatic rings. The number of carbonyl (C=O) groups is 1. The number of nitrogens with one attached hydrogen (secondary N) is 1. The first-order chi connectivity index (χ1) is 9.46. The van der Waals surface area contributed by atoms with Gasteiger partial charge in [0.05, 0.1) is 11.1 Å². The maximum Gasteiger partial charge on any atom is 0.254 e. The highest BCUT2D eigenvalue weighted by atomic mass is 79.9. The van der Waals surface area contributed by atoms with Crippen LogP contribution < -0.4 is 5.32 Å². The molecule has 0 spiro atoms. The van der Waals surface area contributed by atoms with E-state index in [0.29, 0.717) is 11.2 Å². The van der Waals surface area contributed by atoms with Crippen molar-refractivity contribution >= 4 is 21.8 Å². The predicted octanol–water partition coefficient (Wildman–Crippen LogP) is 4.21. The van der Waals surface area contributed by atoms with Crippen molar-refractivity contribution < 1.29 is 9.18 Å². The summed E-state index contributed by atoms with van der Waals surface area (Å²) in [6.45, 7) is 4.06. The van der Waals surface area contributed by atoms with E-state index >= 15 is 0 Å². The molecule has 20 heavy (non-hydrogen) atoms. The van der Waals surface area contributed by atoms with E-state index in [0.717, 1.165) is 24.8 Å². The van der Waals surface area contributed by atoms with Gasteiger partial charge in [-0.2, -0.15) is 0 Å². The van der Waals surface area contributed by atoms with Crippen LogP contribution in [0.1, 0.15) is 48.5 Å². The van der Waals surface area contributed by atoms with Gasteiger partial charge in [0.25, 0.3) is 5.91 Å². The quantitative estimate of drug-likeness (QED) is 0.820. The number of benzene rings is 1. The largest absolute Gasteiger partial charge is 0.346 e. The van der Waals surface area contributed by atoms with E-state index in [1.807, 2.05) is 6.92 Å². The molecule has 0 aromatic heterocycles. The fourth-order valence-corrected chi connectivity index (χ4v) is 3.70. The first kappa shape index (κ1) is 15.5. The number of hydrogen-bond acceptors (Lipinski definition) is 1. The topological polar surface area (TPSA) is 29.1 Å². The van der Waals surface area contributed by atoms with E-state index in [9.17, 15) is 9.18 Å². The third-order valence-electron chi connectivity index (χ3n) is 4.09. The number of carbonyl (C=O) groups excluding carboxylic acids is 1. The van der Waals surface area contributed by atoms with Crippen LogP contribution in [0.3, 0.4) is 0 Å². The Morgan fingerprint density at radius 1 is 1.55 bits per heavy atom. The van der Waals surface area contributed by atoms with E-state index < -0.39 is 5.82 Å². The zero-order valence-electron chi connectivity index (χ0n) is 12.0. The molecular weight excluding hydrogens is 321 g/mol. The van der Waals surface area contributed by atoms with Gasteiger partial charge >= 0.3 is 0 Å². The maximum absolute atomic E-state index is 13.8. The molecule has 1 aliphatic rings. The SMILES string of the molecule is Cc1ccc(F)c(C(=O)NC2(CBr)CCCC(C)C2)c1. The van der Waals surface area contributed by atoms with E-state index in [1.54, 1.807) is 12.1 Å². The zero-order chi connectivity index (χ0) is 14.8. The molecular formula is C16H21BrFNO. The fraction of sp³-hybridized carbons (Fsp3) is 0.562. The van der Waals surface area contributed by atoms with Crippen LogP contribution in [-0.2, 0) is 0 Å². The van der Waals surface area contributed by atoms with Gasteiger partial charge in [0, 0.05) is 5.33 Å². The second-order valence-corrected chi connectivity index (χ2v) is 6.61. The van der Waals surface area contributed by atoms with Gasteiger partial charge in [-0.05, 0) is 37.8 Å². The normalized spacial score (nSPS) is 26.3. The molecule has 110 valence electrons. The van der Waals surface area contributed by atoms with Crippen LogP contribution in [0.15, 0.2) is 18.2 Å². The highest BCUT2D eigenvalue weighted by Crippen LogP contribution is 2.34. The second-order valence-electron chi connectivity index (χ2n) is 6.05. The lowest BCUT2D eigenvalue weighted by Gasteiger charge is -2.39. The monoisotopic (exact) mass is 341 g/mol. The molecule has 0 saturated heterocycles. The van der Waals surface area contributed by atoms with Crippen LogP contribution in [0.4, 0.5) is 4.39 Å². The van der Waals surface area contributed by atoms with Crippen LogP contribution in [0.2, 0.25) is 0 Å². The molecule has 0 heterocycles. The van der Waals surface area contributed by atoms with Gasteiger partial charge in [-0.25, -0.2) is 4.39 Å². The Bertz CT molecular complexity index is 505. The summed E-state index contributed by atoms with van der Waals surface area (Å²) in [5, 5.41) is 3.78. The van der Waals surface area contributed by atoms with Gasteiger partial charge in [0.1, 0.15) is 5.82 Å². The Hall–Kier alpha value is -0.900. The summed E-state index contributed by atoms with van der Waals surface area (Å²) in [5.41, 5.74) is 0.787. The summed E-state index contributed by atoms with van der Waals surface area (Å²) in [6.07, 6.45) is 4.19. The van der Waals surface area contributed by atoms with Gasteiger partial charge in [-0.1, -0.05) is 47.3 Å². The van der Waals surface area contributed by atoms with E-state index in [4.69, 9.17) is 0 Å². The van der Waals surface area contributed by atoms with E-state index in [2.05, 4.69) is 28.2 Å². The average Bonchev–Trinajstić information content (AvgIpc) is 2.41. The third-order valence-corrected chi connectivity index (χ3v) is 5.17. The van der Waals surface area contributed by atoms with Crippen LogP contribution in [0.5, 0.6) is 0 Å². The lowest BCUT2D eigenvalue weighted by atomic mass is 9.77. The standard InChI is InChI=1S/C16H21BrFNO/c1-11-5-6-14(18)13(8-11)15(20)19-16(10-17)7-3-4-12(2)9-16/h5-6,8,12H,3-4,7,9-10H2,1-2H3,(H,19,20). The Morgan fingerprint density at radius 2 is 2.30 bits per heavy atom. The summed E-state index contributed by atoms with van der Waals surface area (Å²) in [6, 6.07) is 4.64. The number of alkyl halides is 1. The minimum Gasteiger partial charge on any atom is -0.346 e. The molecule has 1 fully saturated rings. The van der Waals surface area contributed by atoms with Crippen LogP contribution in [0.25, 0.3) is 0 Å². The second kappa shape index (κ2) is 6.25. The average molecular weight is 342 g/mol. The number of amides is 1. The fourth-order valence-electron chi connectivity index (χ4n) is 3.05. The molecule has 2 atom stereocenters. The van der Waals surface area contributed by atoms with Crippen molar-refractivity contribution in [2.24, 2.45) is 5.92 Å². The molecule has 1 N–H and O–H groups in total. The molecule has 1 amide bonds. The van der Waals surface area contributed by atoms with E-state index in [-0.39, 0.29) is 17.0 Å². The molecule has 4 heteroatoms. The number of hydrogen-bond donors (Lipinski definition) is 1. The molecule has 0 aliphatic heterocycles. The van der Waals surface area contributed by atoms with Crippen molar-refractivity contribution in [2.75, 3.05) is 5.33 Å². The summed E-state index contributed by atoms with van der Waals surface area (Å²) in [4.78, 5) is 12.4. The van der Waals surface area contributed by atoms with Crippen molar-refractivity contribution in [1.29, 1.82) is 0 Å². The minimum absolute atomic E-state index is 0.142. The lowest BCUT2D eigenvalue weighted by Crippen LogP contribution is -2.52. The maximum atomic E-state index is 13.8. The van der Waals surface area contributed by atoms with Crippen molar-refractivity contribution in [3.8, 4) is 0 Å². The first-order valence-corrected chi connectivity index (χ1v) is 8.22. The highest BCUT2D eigenvalue weighted by molar-refractivity contribution is 9.09. The first-order valence-electron chi connectivity index (χ1n) is 7.10. The number of aryl methyl sites for hydroxylation is 1. The van der Waals surface area contributed by atoms with Crippen LogP contribution >= 0.6 is 15.9 Å². The molecule has 1 aliphatic carbocycles. The Labute approximate surface area is 128 Å².